The molecule has 0 saturated heterocycles. The highest BCUT2D eigenvalue weighted by Crippen LogP contribution is 2.38. The number of ether oxygens (including phenoxy) is 1. The van der Waals surface area contributed by atoms with Gasteiger partial charge in [-0.05, 0) is 92.3 Å². The first-order valence-electron chi connectivity index (χ1n) is 15.4. The van der Waals surface area contributed by atoms with Crippen LogP contribution in [0.5, 0.6) is 5.75 Å². The third kappa shape index (κ3) is 7.16. The fraction of sp³-hybridized carbons (Fsp3) is 0.324. The Balaban J connectivity index is 1.38. The molecule has 6 nitrogen and oxygen atoms in total. The van der Waals surface area contributed by atoms with Gasteiger partial charge in [-0.2, -0.15) is 0 Å². The Labute approximate surface area is 262 Å². The van der Waals surface area contributed by atoms with Crippen LogP contribution >= 0.6 is 0 Å². The molecule has 1 aliphatic rings. The van der Waals surface area contributed by atoms with Gasteiger partial charge in [0.1, 0.15) is 11.8 Å². The molecular weight excluding hydrogens is 568 g/mol. The number of rotatable bonds is 13. The van der Waals surface area contributed by atoms with Crippen LogP contribution in [0, 0.1) is 13.8 Å². The van der Waals surface area contributed by atoms with E-state index in [1.165, 1.54) is 22.5 Å². The van der Waals surface area contributed by atoms with Crippen LogP contribution in [0.2, 0.25) is 0 Å². The van der Waals surface area contributed by atoms with E-state index in [9.17, 15) is 13.2 Å². The number of nitrogens with zero attached hydrogens (tertiary/aromatic N) is 1. The SMILES string of the molecule is COc1cc(S(=O)(=O)N2c3ccccc3C[C@H]2C(=O)NC(CCCc2ccccc2)CCCc2ccccc2)cc(C)c1C. The molecule has 0 unspecified atom stereocenters. The van der Waals surface area contributed by atoms with Crippen molar-refractivity contribution in [3.63, 3.8) is 0 Å². The highest BCUT2D eigenvalue weighted by atomic mass is 32.2. The summed E-state index contributed by atoms with van der Waals surface area (Å²) in [6.07, 6.45) is 5.66. The molecule has 5 rings (SSSR count). The Morgan fingerprint density at radius 1 is 0.864 bits per heavy atom. The van der Waals surface area contributed by atoms with E-state index in [1.54, 1.807) is 18.2 Å². The molecule has 0 bridgehead atoms. The average Bonchev–Trinajstić information content (AvgIpc) is 3.44. The molecule has 1 atom stereocenters. The van der Waals surface area contributed by atoms with E-state index in [1.807, 2.05) is 68.4 Å². The van der Waals surface area contributed by atoms with E-state index >= 15 is 0 Å². The Kier molecular flexibility index (Phi) is 10.1. The standard InChI is InChI=1S/C37H42N2O4S/c1-27-24-33(26-36(43-3)28(27)2)44(41,42)39-34-23-11-10-20-31(34)25-35(39)37(40)38-32(21-12-18-29-14-6-4-7-15-29)22-13-19-30-16-8-5-9-17-30/h4-11,14-17,20,23-24,26,32,35H,12-13,18-19,21-22,25H2,1-3H3,(H,38,40)/t35-/m0/s1. The number of nitrogens with one attached hydrogen (secondary N) is 1. The molecule has 230 valence electrons. The minimum absolute atomic E-state index is 0.0649. The molecule has 0 radical (unpaired) electrons. The zero-order chi connectivity index (χ0) is 31.1. The second-order valence-corrected chi connectivity index (χ2v) is 13.5. The maximum atomic E-state index is 14.3. The van der Waals surface area contributed by atoms with E-state index in [0.717, 1.165) is 55.2 Å². The minimum Gasteiger partial charge on any atom is -0.496 e. The van der Waals surface area contributed by atoms with Gasteiger partial charge in [0.2, 0.25) is 5.91 Å². The van der Waals surface area contributed by atoms with Crippen LogP contribution < -0.4 is 14.4 Å². The number of amides is 1. The topological polar surface area (TPSA) is 75.7 Å². The summed E-state index contributed by atoms with van der Waals surface area (Å²) in [7, 11) is -2.53. The van der Waals surface area contributed by atoms with E-state index in [0.29, 0.717) is 17.9 Å². The summed E-state index contributed by atoms with van der Waals surface area (Å²) < 4.78 is 35.4. The predicted octanol–water partition coefficient (Wildman–Crippen LogP) is 6.96. The summed E-state index contributed by atoms with van der Waals surface area (Å²) >= 11 is 0. The van der Waals surface area contributed by atoms with Crippen molar-refractivity contribution in [1.82, 2.24) is 5.32 Å². The van der Waals surface area contributed by atoms with Gasteiger partial charge < -0.3 is 10.1 Å². The lowest BCUT2D eigenvalue weighted by molar-refractivity contribution is -0.122. The van der Waals surface area contributed by atoms with Gasteiger partial charge in [0.05, 0.1) is 17.7 Å². The van der Waals surface area contributed by atoms with Crippen LogP contribution in [0.15, 0.2) is 102 Å². The normalized spacial score (nSPS) is 14.5. The Bertz CT molecular complexity index is 1630. The van der Waals surface area contributed by atoms with Crippen LogP contribution in [0.3, 0.4) is 0 Å². The second-order valence-electron chi connectivity index (χ2n) is 11.7. The van der Waals surface area contributed by atoms with E-state index < -0.39 is 16.1 Å². The average molecular weight is 611 g/mol. The van der Waals surface area contributed by atoms with Gasteiger partial charge in [0.25, 0.3) is 10.0 Å². The number of benzene rings is 4. The molecule has 0 fully saturated rings. The van der Waals surface area contributed by atoms with E-state index in [2.05, 4.69) is 29.6 Å². The van der Waals surface area contributed by atoms with Gasteiger partial charge in [-0.1, -0.05) is 78.9 Å². The summed E-state index contributed by atoms with van der Waals surface area (Å²) in [5.74, 6) is 0.249. The maximum absolute atomic E-state index is 14.3. The molecule has 0 saturated carbocycles. The van der Waals surface area contributed by atoms with Gasteiger partial charge in [-0.15, -0.1) is 0 Å². The van der Waals surface area contributed by atoms with Gasteiger partial charge in [0, 0.05) is 18.5 Å². The Morgan fingerprint density at radius 3 is 2.02 bits per heavy atom. The maximum Gasteiger partial charge on any atom is 0.265 e. The number of hydrogen-bond acceptors (Lipinski definition) is 4. The van der Waals surface area contributed by atoms with E-state index in [-0.39, 0.29) is 16.8 Å². The summed E-state index contributed by atoms with van der Waals surface area (Å²) in [6, 6.07) is 30.4. The van der Waals surface area contributed by atoms with Crippen LogP contribution in [0.4, 0.5) is 5.69 Å². The fourth-order valence-electron chi connectivity index (χ4n) is 6.10. The lowest BCUT2D eigenvalue weighted by Crippen LogP contribution is -2.50. The molecule has 1 aliphatic heterocycles. The van der Waals surface area contributed by atoms with Crippen molar-refractivity contribution < 1.29 is 17.9 Å². The van der Waals surface area contributed by atoms with Crippen molar-refractivity contribution in [3.8, 4) is 5.75 Å². The van der Waals surface area contributed by atoms with Crippen molar-refractivity contribution in [2.24, 2.45) is 0 Å². The first kappa shape index (κ1) is 31.3. The van der Waals surface area contributed by atoms with Crippen molar-refractivity contribution in [2.45, 2.75) is 75.8 Å². The molecule has 1 N–H and O–H groups in total. The number of carbonyl (C=O) groups excluding carboxylic acids is 1. The van der Waals surface area contributed by atoms with Crippen molar-refractivity contribution in [1.29, 1.82) is 0 Å². The number of anilines is 1. The number of methoxy groups -OCH3 is 1. The fourth-order valence-corrected chi connectivity index (χ4v) is 7.86. The first-order chi connectivity index (χ1) is 21.3. The number of fused-ring (bicyclic) bond motifs is 1. The van der Waals surface area contributed by atoms with Crippen LogP contribution in [0.25, 0.3) is 0 Å². The number of carbonyl (C=O) groups is 1. The number of para-hydroxylation sites is 1. The Morgan fingerprint density at radius 2 is 1.43 bits per heavy atom. The summed E-state index contributed by atoms with van der Waals surface area (Å²) in [5.41, 5.74) is 5.64. The molecule has 4 aromatic rings. The lowest BCUT2D eigenvalue weighted by atomic mass is 9.98. The largest absolute Gasteiger partial charge is 0.496 e. The molecule has 1 heterocycles. The quantitative estimate of drug-likeness (QED) is 0.178. The number of hydrogen-bond donors (Lipinski definition) is 1. The Hall–Kier alpha value is -4.10. The molecule has 0 aliphatic carbocycles. The predicted molar refractivity (Wildman–Crippen MR) is 177 cm³/mol. The number of sulfonamides is 1. The summed E-state index contributed by atoms with van der Waals surface area (Å²) in [4.78, 5) is 14.2. The van der Waals surface area contributed by atoms with Gasteiger partial charge in [-0.3, -0.25) is 9.10 Å². The highest BCUT2D eigenvalue weighted by Gasteiger charge is 2.43. The molecule has 44 heavy (non-hydrogen) atoms. The highest BCUT2D eigenvalue weighted by molar-refractivity contribution is 7.93. The van der Waals surface area contributed by atoms with Gasteiger partial charge >= 0.3 is 0 Å². The third-order valence-electron chi connectivity index (χ3n) is 8.67. The zero-order valence-electron chi connectivity index (χ0n) is 25.8. The molecule has 1 amide bonds. The van der Waals surface area contributed by atoms with Crippen molar-refractivity contribution in [3.05, 3.63) is 125 Å². The summed E-state index contributed by atoms with van der Waals surface area (Å²) in [6.45, 7) is 3.77. The van der Waals surface area contributed by atoms with Crippen LogP contribution in [-0.2, 0) is 34.1 Å². The van der Waals surface area contributed by atoms with Gasteiger partial charge in [0.15, 0.2) is 0 Å². The smallest absolute Gasteiger partial charge is 0.265 e. The van der Waals surface area contributed by atoms with E-state index in [4.69, 9.17) is 4.74 Å². The number of aryl methyl sites for hydroxylation is 3. The molecule has 0 spiro atoms. The first-order valence-corrected chi connectivity index (χ1v) is 16.9. The van der Waals surface area contributed by atoms with Crippen molar-refractivity contribution in [2.75, 3.05) is 11.4 Å². The van der Waals surface area contributed by atoms with Crippen LogP contribution in [-0.4, -0.2) is 33.5 Å². The zero-order valence-corrected chi connectivity index (χ0v) is 26.6. The molecule has 4 aromatic carbocycles. The van der Waals surface area contributed by atoms with Gasteiger partial charge in [-0.25, -0.2) is 8.42 Å². The second kappa shape index (κ2) is 14.1. The lowest BCUT2D eigenvalue weighted by Gasteiger charge is -2.29. The molecule has 0 aromatic heterocycles. The third-order valence-corrected chi connectivity index (χ3v) is 10.5. The van der Waals surface area contributed by atoms with Crippen LogP contribution in [0.1, 0.15) is 53.5 Å². The van der Waals surface area contributed by atoms with Crippen molar-refractivity contribution >= 4 is 21.6 Å². The summed E-state index contributed by atoms with van der Waals surface area (Å²) in [5, 5.41) is 3.29. The molecular formula is C37H42N2O4S. The molecule has 7 heteroatoms. The minimum atomic E-state index is -4.07. The monoisotopic (exact) mass is 610 g/mol.